The molecular formula is C17H17BrN2O. The van der Waals surface area contributed by atoms with Gasteiger partial charge in [-0.15, -0.1) is 0 Å². The smallest absolute Gasteiger partial charge is 0.227 e. The molecule has 1 aliphatic rings. The zero-order valence-corrected chi connectivity index (χ0v) is 13.3. The van der Waals surface area contributed by atoms with Gasteiger partial charge in [-0.05, 0) is 54.3 Å². The van der Waals surface area contributed by atoms with E-state index in [4.69, 9.17) is 5.73 Å². The van der Waals surface area contributed by atoms with E-state index in [1.807, 2.05) is 47.4 Å². The van der Waals surface area contributed by atoms with Crippen molar-refractivity contribution in [3.63, 3.8) is 0 Å². The molecule has 2 aromatic rings. The van der Waals surface area contributed by atoms with Crippen LogP contribution in [0.15, 0.2) is 46.9 Å². The maximum atomic E-state index is 12.4. The minimum absolute atomic E-state index is 0.182. The Bertz CT molecular complexity index is 667. The number of hydrogen-bond acceptors (Lipinski definition) is 2. The lowest BCUT2D eigenvalue weighted by Crippen LogP contribution is -2.29. The van der Waals surface area contributed by atoms with E-state index in [2.05, 4.69) is 15.9 Å². The molecule has 1 aliphatic heterocycles. The quantitative estimate of drug-likeness (QED) is 0.839. The van der Waals surface area contributed by atoms with Crippen LogP contribution >= 0.6 is 15.9 Å². The molecule has 0 saturated carbocycles. The predicted molar refractivity (Wildman–Crippen MR) is 89.1 cm³/mol. The van der Waals surface area contributed by atoms with Crippen molar-refractivity contribution >= 4 is 33.2 Å². The van der Waals surface area contributed by atoms with E-state index in [1.165, 1.54) is 0 Å². The number of nitrogen functional groups attached to an aromatic ring is 1. The molecule has 0 atom stereocenters. The molecule has 0 unspecified atom stereocenters. The third kappa shape index (κ3) is 3.10. The maximum Gasteiger partial charge on any atom is 0.227 e. The number of halogens is 1. The Kier molecular flexibility index (Phi) is 3.97. The van der Waals surface area contributed by atoms with E-state index in [0.29, 0.717) is 13.0 Å². The Morgan fingerprint density at radius 3 is 2.62 bits per heavy atom. The van der Waals surface area contributed by atoms with Gasteiger partial charge >= 0.3 is 0 Å². The molecule has 108 valence electrons. The van der Waals surface area contributed by atoms with Gasteiger partial charge in [0.05, 0.1) is 6.54 Å². The van der Waals surface area contributed by atoms with Crippen LogP contribution in [0.3, 0.4) is 0 Å². The lowest BCUT2D eigenvalue weighted by atomic mass is 10.1. The molecule has 3 rings (SSSR count). The number of anilines is 2. The summed E-state index contributed by atoms with van der Waals surface area (Å²) in [6.07, 6.45) is 2.38. The molecule has 0 aliphatic carbocycles. The van der Waals surface area contributed by atoms with Crippen molar-refractivity contribution in [2.24, 2.45) is 0 Å². The zero-order valence-electron chi connectivity index (χ0n) is 11.7. The van der Waals surface area contributed by atoms with Crippen LogP contribution in [0.25, 0.3) is 0 Å². The third-order valence-electron chi connectivity index (χ3n) is 3.79. The van der Waals surface area contributed by atoms with Gasteiger partial charge in [0.2, 0.25) is 5.91 Å². The van der Waals surface area contributed by atoms with Crippen LogP contribution in [0.1, 0.15) is 24.0 Å². The van der Waals surface area contributed by atoms with E-state index >= 15 is 0 Å². The molecular weight excluding hydrogens is 328 g/mol. The largest absolute Gasteiger partial charge is 0.399 e. The summed E-state index contributed by atoms with van der Waals surface area (Å²) in [6, 6.07) is 13.9. The van der Waals surface area contributed by atoms with Crippen molar-refractivity contribution in [1.29, 1.82) is 0 Å². The second-order valence-electron chi connectivity index (χ2n) is 5.35. The van der Waals surface area contributed by atoms with Crippen molar-refractivity contribution in [1.82, 2.24) is 0 Å². The Hall–Kier alpha value is -1.81. The average molecular weight is 345 g/mol. The highest BCUT2D eigenvalue weighted by Crippen LogP contribution is 2.30. The molecule has 0 fully saturated rings. The summed E-state index contributed by atoms with van der Waals surface area (Å²) in [5, 5.41) is 0. The zero-order chi connectivity index (χ0) is 14.8. The fourth-order valence-electron chi connectivity index (χ4n) is 2.71. The summed E-state index contributed by atoms with van der Waals surface area (Å²) in [5.41, 5.74) is 9.91. The van der Waals surface area contributed by atoms with Gasteiger partial charge in [0, 0.05) is 22.3 Å². The van der Waals surface area contributed by atoms with Gasteiger partial charge in [0.1, 0.15) is 0 Å². The summed E-state index contributed by atoms with van der Waals surface area (Å²) in [6.45, 7) is 0.600. The maximum absolute atomic E-state index is 12.4. The number of aryl methyl sites for hydroxylation is 1. The standard InChI is InChI=1S/C17H17BrN2O/c18-14-6-4-12(5-7-14)11-20-16-9-8-15(19)10-13(16)2-1-3-17(20)21/h4-10H,1-3,11,19H2. The Morgan fingerprint density at radius 1 is 1.10 bits per heavy atom. The number of carbonyl (C=O) groups excluding carboxylic acids is 1. The second kappa shape index (κ2) is 5.90. The second-order valence-corrected chi connectivity index (χ2v) is 6.26. The molecule has 4 heteroatoms. The Balaban J connectivity index is 1.95. The lowest BCUT2D eigenvalue weighted by molar-refractivity contribution is -0.118. The van der Waals surface area contributed by atoms with Crippen molar-refractivity contribution in [3.05, 3.63) is 58.1 Å². The Labute approximate surface area is 132 Å². The first-order chi connectivity index (χ1) is 10.1. The van der Waals surface area contributed by atoms with Crippen molar-refractivity contribution < 1.29 is 4.79 Å². The summed E-state index contributed by atoms with van der Waals surface area (Å²) < 4.78 is 1.04. The van der Waals surface area contributed by atoms with Gasteiger partial charge in [-0.25, -0.2) is 0 Å². The first kappa shape index (κ1) is 14.1. The first-order valence-electron chi connectivity index (χ1n) is 7.07. The fourth-order valence-corrected chi connectivity index (χ4v) is 2.98. The van der Waals surface area contributed by atoms with Gasteiger partial charge in [-0.3, -0.25) is 4.79 Å². The minimum atomic E-state index is 0.182. The molecule has 3 nitrogen and oxygen atoms in total. The molecule has 2 N–H and O–H groups in total. The summed E-state index contributed by atoms with van der Waals surface area (Å²) in [5.74, 6) is 0.182. The van der Waals surface area contributed by atoms with Gasteiger partial charge in [0.15, 0.2) is 0 Å². The van der Waals surface area contributed by atoms with Crippen molar-refractivity contribution in [3.8, 4) is 0 Å². The minimum Gasteiger partial charge on any atom is -0.399 e. The lowest BCUT2D eigenvalue weighted by Gasteiger charge is -2.23. The number of nitrogens with zero attached hydrogens (tertiary/aromatic N) is 1. The van der Waals surface area contributed by atoms with E-state index < -0.39 is 0 Å². The highest BCUT2D eigenvalue weighted by molar-refractivity contribution is 9.10. The van der Waals surface area contributed by atoms with Crippen LogP contribution < -0.4 is 10.6 Å². The van der Waals surface area contributed by atoms with E-state index in [1.54, 1.807) is 0 Å². The van der Waals surface area contributed by atoms with Gasteiger partial charge < -0.3 is 10.6 Å². The number of carbonyl (C=O) groups is 1. The molecule has 1 amide bonds. The van der Waals surface area contributed by atoms with Crippen LogP contribution in [0.2, 0.25) is 0 Å². The normalized spacial score (nSPS) is 14.7. The van der Waals surface area contributed by atoms with Crippen LogP contribution in [0, 0.1) is 0 Å². The number of nitrogens with two attached hydrogens (primary N) is 1. The van der Waals surface area contributed by atoms with Crippen molar-refractivity contribution in [2.45, 2.75) is 25.8 Å². The van der Waals surface area contributed by atoms with Gasteiger partial charge in [0.25, 0.3) is 0 Å². The van der Waals surface area contributed by atoms with Crippen LogP contribution in [-0.2, 0) is 17.8 Å². The SMILES string of the molecule is Nc1ccc2c(c1)CCCC(=O)N2Cc1ccc(Br)cc1. The number of rotatable bonds is 2. The molecule has 0 aromatic heterocycles. The topological polar surface area (TPSA) is 46.3 Å². The predicted octanol–water partition coefficient (Wildman–Crippen LogP) is 3.90. The number of hydrogen-bond donors (Lipinski definition) is 1. The molecule has 1 heterocycles. The highest BCUT2D eigenvalue weighted by Gasteiger charge is 2.22. The van der Waals surface area contributed by atoms with E-state index in [0.717, 1.165) is 39.8 Å². The van der Waals surface area contributed by atoms with E-state index in [9.17, 15) is 4.79 Å². The van der Waals surface area contributed by atoms with Gasteiger partial charge in [-0.1, -0.05) is 28.1 Å². The Morgan fingerprint density at radius 2 is 1.86 bits per heavy atom. The van der Waals surface area contributed by atoms with E-state index in [-0.39, 0.29) is 5.91 Å². The first-order valence-corrected chi connectivity index (χ1v) is 7.86. The van der Waals surface area contributed by atoms with Crippen LogP contribution in [-0.4, -0.2) is 5.91 Å². The highest BCUT2D eigenvalue weighted by atomic mass is 79.9. The third-order valence-corrected chi connectivity index (χ3v) is 4.31. The summed E-state index contributed by atoms with van der Waals surface area (Å²) >= 11 is 3.43. The number of benzene rings is 2. The monoisotopic (exact) mass is 344 g/mol. The fraction of sp³-hybridized carbons (Fsp3) is 0.235. The summed E-state index contributed by atoms with van der Waals surface area (Å²) in [4.78, 5) is 14.3. The number of fused-ring (bicyclic) bond motifs is 1. The molecule has 0 bridgehead atoms. The molecule has 21 heavy (non-hydrogen) atoms. The number of amides is 1. The van der Waals surface area contributed by atoms with Gasteiger partial charge in [-0.2, -0.15) is 0 Å². The molecule has 0 spiro atoms. The molecule has 2 aromatic carbocycles. The average Bonchev–Trinajstić information content (AvgIpc) is 2.61. The van der Waals surface area contributed by atoms with Crippen LogP contribution in [0.5, 0.6) is 0 Å². The van der Waals surface area contributed by atoms with Crippen molar-refractivity contribution in [2.75, 3.05) is 10.6 Å². The molecule has 0 saturated heterocycles. The van der Waals surface area contributed by atoms with Crippen LogP contribution in [0.4, 0.5) is 11.4 Å². The molecule has 0 radical (unpaired) electrons. The summed E-state index contributed by atoms with van der Waals surface area (Å²) in [7, 11) is 0.